The van der Waals surface area contributed by atoms with Crippen molar-refractivity contribution in [2.24, 2.45) is 11.8 Å². The Morgan fingerprint density at radius 1 is 1.42 bits per heavy atom. The molecule has 0 bridgehead atoms. The van der Waals surface area contributed by atoms with Crippen LogP contribution >= 0.6 is 23.1 Å². The number of thioether (sulfide) groups is 1. The van der Waals surface area contributed by atoms with Crippen LogP contribution in [0.1, 0.15) is 45.7 Å². The number of aromatic nitrogens is 1. The number of rotatable bonds is 7. The Hall–Kier alpha value is -1.08. The molecule has 1 aromatic heterocycles. The zero-order chi connectivity index (χ0) is 17.5. The first-order valence-corrected chi connectivity index (χ1v) is 10.4. The summed E-state index contributed by atoms with van der Waals surface area (Å²) in [4.78, 5) is 28.0. The molecule has 134 valence electrons. The lowest BCUT2D eigenvalue weighted by Gasteiger charge is -2.34. The highest BCUT2D eigenvalue weighted by Crippen LogP contribution is 2.29. The van der Waals surface area contributed by atoms with Crippen molar-refractivity contribution in [2.75, 3.05) is 12.4 Å². The minimum atomic E-state index is -0.266. The number of nitrogens with one attached hydrogen (secondary N) is 1. The van der Waals surface area contributed by atoms with E-state index in [-0.39, 0.29) is 24.3 Å². The second-order valence-corrected chi connectivity index (χ2v) is 8.40. The van der Waals surface area contributed by atoms with Crippen molar-refractivity contribution in [1.82, 2.24) is 10.3 Å². The third-order valence-corrected chi connectivity index (χ3v) is 6.61. The highest BCUT2D eigenvalue weighted by atomic mass is 32.2. The molecule has 7 heteroatoms. The van der Waals surface area contributed by atoms with Gasteiger partial charge in [0, 0.05) is 11.4 Å². The number of esters is 1. The lowest BCUT2D eigenvalue weighted by atomic mass is 9.78. The van der Waals surface area contributed by atoms with Crippen LogP contribution in [0.15, 0.2) is 9.72 Å². The monoisotopic (exact) mass is 370 g/mol. The van der Waals surface area contributed by atoms with E-state index in [9.17, 15) is 9.59 Å². The van der Waals surface area contributed by atoms with E-state index in [1.54, 1.807) is 6.92 Å². The number of nitrogens with zero attached hydrogens (tertiary/aromatic N) is 1. The summed E-state index contributed by atoms with van der Waals surface area (Å²) in [6.07, 6.45) is 3.70. The first-order valence-electron chi connectivity index (χ1n) is 8.51. The van der Waals surface area contributed by atoms with Crippen molar-refractivity contribution >= 4 is 35.0 Å². The summed E-state index contributed by atoms with van der Waals surface area (Å²) >= 11 is 2.89. The molecular weight excluding hydrogens is 344 g/mol. The van der Waals surface area contributed by atoms with Gasteiger partial charge >= 0.3 is 5.97 Å². The standard InChI is InChI=1S/C17H26N2O3S2/c1-4-22-16(21)8-13-9-23-17(18-13)24-10-15(20)19-14-7-5-6-11(2)12(14)3/h9,11-12,14H,4-8,10H2,1-3H3,(H,19,20)/t11-,12+,14+/m1/s1. The Balaban J connectivity index is 1.75. The Labute approximate surface area is 152 Å². The fraction of sp³-hybridized carbons (Fsp3) is 0.706. The van der Waals surface area contributed by atoms with Crippen LogP contribution < -0.4 is 5.32 Å². The van der Waals surface area contributed by atoms with E-state index in [1.807, 2.05) is 5.38 Å². The maximum Gasteiger partial charge on any atom is 0.311 e. The first-order chi connectivity index (χ1) is 11.5. The summed E-state index contributed by atoms with van der Waals surface area (Å²) < 4.78 is 5.73. The van der Waals surface area contributed by atoms with Crippen molar-refractivity contribution < 1.29 is 14.3 Å². The molecule has 0 radical (unpaired) electrons. The average molecular weight is 371 g/mol. The second kappa shape index (κ2) is 9.42. The van der Waals surface area contributed by atoms with Gasteiger partial charge in [0.05, 0.1) is 24.5 Å². The van der Waals surface area contributed by atoms with Crippen LogP contribution in [-0.4, -0.2) is 35.3 Å². The van der Waals surface area contributed by atoms with Crippen molar-refractivity contribution in [1.29, 1.82) is 0 Å². The van der Waals surface area contributed by atoms with Crippen molar-refractivity contribution in [3.05, 3.63) is 11.1 Å². The SMILES string of the molecule is CCOC(=O)Cc1csc(SCC(=O)N[C@H]2CCC[C@@H](C)[C@@H]2C)n1. The molecule has 1 aromatic rings. The van der Waals surface area contributed by atoms with Gasteiger partial charge in [0.2, 0.25) is 5.91 Å². The van der Waals surface area contributed by atoms with E-state index in [1.165, 1.54) is 35.9 Å². The quantitative estimate of drug-likeness (QED) is 0.589. The summed E-state index contributed by atoms with van der Waals surface area (Å²) in [6, 6.07) is 0.289. The average Bonchev–Trinajstić information content (AvgIpc) is 2.97. The van der Waals surface area contributed by atoms with E-state index in [0.717, 1.165) is 10.8 Å². The van der Waals surface area contributed by atoms with Crippen LogP contribution in [0.2, 0.25) is 0 Å². The van der Waals surface area contributed by atoms with Gasteiger partial charge in [0.15, 0.2) is 4.34 Å². The van der Waals surface area contributed by atoms with Gasteiger partial charge in [-0.05, 0) is 25.2 Å². The summed E-state index contributed by atoms with van der Waals surface area (Å²) in [7, 11) is 0. The summed E-state index contributed by atoms with van der Waals surface area (Å²) in [5, 5.41) is 5.02. The predicted molar refractivity (Wildman–Crippen MR) is 97.3 cm³/mol. The fourth-order valence-corrected chi connectivity index (χ4v) is 4.61. The van der Waals surface area contributed by atoms with Gasteiger partial charge in [-0.2, -0.15) is 0 Å². The molecule has 1 N–H and O–H groups in total. The number of hydrogen-bond donors (Lipinski definition) is 1. The molecule has 5 nitrogen and oxygen atoms in total. The van der Waals surface area contributed by atoms with Gasteiger partial charge in [-0.15, -0.1) is 11.3 Å². The lowest BCUT2D eigenvalue weighted by Crippen LogP contribution is -2.44. The van der Waals surface area contributed by atoms with Crippen LogP contribution in [0.5, 0.6) is 0 Å². The van der Waals surface area contributed by atoms with Gasteiger partial charge in [0.1, 0.15) is 0 Å². The maximum atomic E-state index is 12.2. The molecule has 0 saturated heterocycles. The van der Waals surface area contributed by atoms with Crippen LogP contribution in [-0.2, 0) is 20.7 Å². The first kappa shape index (κ1) is 19.2. The normalized spacial score (nSPS) is 23.7. The lowest BCUT2D eigenvalue weighted by molar-refractivity contribution is -0.142. The molecule has 1 amide bonds. The molecule has 1 fully saturated rings. The Kier molecular flexibility index (Phi) is 7.55. The third-order valence-electron chi connectivity index (χ3n) is 4.54. The number of ether oxygens (including phenoxy) is 1. The molecule has 3 atom stereocenters. The zero-order valence-electron chi connectivity index (χ0n) is 14.5. The summed E-state index contributed by atoms with van der Waals surface area (Å²) in [5.74, 6) is 1.36. The molecule has 1 aliphatic carbocycles. The number of hydrogen-bond acceptors (Lipinski definition) is 6. The molecule has 1 heterocycles. The molecule has 0 aliphatic heterocycles. The van der Waals surface area contributed by atoms with Crippen LogP contribution in [0.3, 0.4) is 0 Å². The molecule has 0 aromatic carbocycles. The molecule has 0 spiro atoms. The fourth-order valence-electron chi connectivity index (χ4n) is 2.96. The molecule has 24 heavy (non-hydrogen) atoms. The van der Waals surface area contributed by atoms with Crippen LogP contribution in [0.25, 0.3) is 0 Å². The molecule has 0 unspecified atom stereocenters. The van der Waals surface area contributed by atoms with E-state index >= 15 is 0 Å². The molecule has 1 aliphatic rings. The van der Waals surface area contributed by atoms with Crippen LogP contribution in [0.4, 0.5) is 0 Å². The number of amides is 1. The van der Waals surface area contributed by atoms with Gasteiger partial charge in [-0.3, -0.25) is 9.59 Å². The van der Waals surface area contributed by atoms with Gasteiger partial charge in [-0.25, -0.2) is 4.98 Å². The second-order valence-electron chi connectivity index (χ2n) is 6.32. The van der Waals surface area contributed by atoms with Gasteiger partial charge in [-0.1, -0.05) is 38.5 Å². The number of carbonyl (C=O) groups excluding carboxylic acids is 2. The molecule has 1 saturated carbocycles. The minimum absolute atomic E-state index is 0.0630. The predicted octanol–water partition coefficient (Wildman–Crippen LogP) is 3.28. The highest BCUT2D eigenvalue weighted by Gasteiger charge is 2.28. The Bertz CT molecular complexity index is 562. The van der Waals surface area contributed by atoms with Crippen molar-refractivity contribution in [2.45, 2.75) is 56.8 Å². The molecule has 2 rings (SSSR count). The van der Waals surface area contributed by atoms with E-state index in [0.29, 0.717) is 29.9 Å². The van der Waals surface area contributed by atoms with E-state index in [4.69, 9.17) is 4.74 Å². The largest absolute Gasteiger partial charge is 0.466 e. The van der Waals surface area contributed by atoms with Crippen LogP contribution in [0, 0.1) is 11.8 Å². The maximum absolute atomic E-state index is 12.2. The minimum Gasteiger partial charge on any atom is -0.466 e. The smallest absolute Gasteiger partial charge is 0.311 e. The summed E-state index contributed by atoms with van der Waals surface area (Å²) in [6.45, 7) is 6.65. The van der Waals surface area contributed by atoms with E-state index < -0.39 is 0 Å². The Morgan fingerprint density at radius 3 is 2.96 bits per heavy atom. The third kappa shape index (κ3) is 5.77. The van der Waals surface area contributed by atoms with Crippen molar-refractivity contribution in [3.8, 4) is 0 Å². The number of carbonyl (C=O) groups is 2. The summed E-state index contributed by atoms with van der Waals surface area (Å²) in [5.41, 5.74) is 0.705. The molecular formula is C17H26N2O3S2. The topological polar surface area (TPSA) is 68.3 Å². The van der Waals surface area contributed by atoms with Gasteiger partial charge < -0.3 is 10.1 Å². The number of thiazole rings is 1. The van der Waals surface area contributed by atoms with Gasteiger partial charge in [0.25, 0.3) is 0 Å². The van der Waals surface area contributed by atoms with Crippen molar-refractivity contribution in [3.63, 3.8) is 0 Å². The highest BCUT2D eigenvalue weighted by molar-refractivity contribution is 8.01. The Morgan fingerprint density at radius 2 is 2.21 bits per heavy atom. The van der Waals surface area contributed by atoms with E-state index in [2.05, 4.69) is 24.1 Å². The zero-order valence-corrected chi connectivity index (χ0v) is 16.2.